The molecule has 1 aromatic carbocycles. The summed E-state index contributed by atoms with van der Waals surface area (Å²) in [6.45, 7) is 6.51. The summed E-state index contributed by atoms with van der Waals surface area (Å²) >= 11 is 1.71. The van der Waals surface area contributed by atoms with E-state index < -0.39 is 0 Å². The largest absolute Gasteiger partial charge is 0.315 e. The Balaban J connectivity index is 1.81. The highest BCUT2D eigenvalue weighted by Gasteiger charge is 2.05. The van der Waals surface area contributed by atoms with Crippen molar-refractivity contribution in [2.45, 2.75) is 65.5 Å². The smallest absolute Gasteiger partial charge is 0.211 e. The number of pyridine rings is 1. The van der Waals surface area contributed by atoms with Gasteiger partial charge in [0.2, 0.25) is 4.80 Å². The first-order chi connectivity index (χ1) is 13.8. The Kier molecular flexibility index (Phi) is 7.97. The average molecular weight is 396 g/mol. The maximum absolute atomic E-state index is 4.57. The number of unbranched alkanes of at least 4 members (excludes halogenated alkanes) is 4. The zero-order valence-electron chi connectivity index (χ0n) is 17.1. The highest BCUT2D eigenvalue weighted by atomic mass is 32.1. The highest BCUT2D eigenvalue weighted by molar-refractivity contribution is 7.16. The Morgan fingerprint density at radius 1 is 1.00 bits per heavy atom. The van der Waals surface area contributed by atoms with E-state index in [-0.39, 0.29) is 0 Å². The van der Waals surface area contributed by atoms with Crippen LogP contribution in [0.15, 0.2) is 59.0 Å². The molecule has 0 fully saturated rings. The lowest BCUT2D eigenvalue weighted by atomic mass is 10.2. The molecule has 0 radical (unpaired) electrons. The SMILES string of the molecule is CCCCCCn1/c(=N/N=C/c2ccc[n+](CCCC)c2)sc2ccccc21. The molecule has 0 bridgehead atoms. The third-order valence-electron chi connectivity index (χ3n) is 4.82. The quantitative estimate of drug-likeness (QED) is 0.193. The molecule has 2 aromatic heterocycles. The lowest BCUT2D eigenvalue weighted by Crippen LogP contribution is -2.33. The van der Waals surface area contributed by atoms with Crippen molar-refractivity contribution in [2.24, 2.45) is 10.2 Å². The van der Waals surface area contributed by atoms with Crippen molar-refractivity contribution in [2.75, 3.05) is 0 Å². The van der Waals surface area contributed by atoms with Crippen LogP contribution in [0.1, 0.15) is 57.9 Å². The standard InChI is InChI=1S/C23H31N4S/c1-3-5-7-10-17-27-21-13-8-9-14-22(21)28-23(27)25-24-18-20-12-11-16-26(19-20)15-6-4-2/h8-9,11-14,16,18-19H,3-7,10,15,17H2,1-2H3/q+1/b24-18+,25-23-. The maximum atomic E-state index is 4.57. The topological polar surface area (TPSA) is 33.5 Å². The van der Waals surface area contributed by atoms with Crippen LogP contribution in [0.2, 0.25) is 0 Å². The number of thiazole rings is 1. The molecule has 0 aliphatic carbocycles. The molecule has 0 N–H and O–H groups in total. The minimum Gasteiger partial charge on any atom is -0.315 e. The second kappa shape index (κ2) is 10.9. The van der Waals surface area contributed by atoms with Crippen LogP contribution in [0.25, 0.3) is 10.2 Å². The number of rotatable bonds is 10. The zero-order chi connectivity index (χ0) is 19.6. The Hall–Kier alpha value is -2.27. The van der Waals surface area contributed by atoms with E-state index in [9.17, 15) is 0 Å². The van der Waals surface area contributed by atoms with Crippen molar-refractivity contribution in [3.63, 3.8) is 0 Å². The van der Waals surface area contributed by atoms with Gasteiger partial charge in [-0.15, -0.1) is 5.10 Å². The molecule has 0 atom stereocenters. The molecule has 0 spiro atoms. The fourth-order valence-corrected chi connectivity index (χ4v) is 4.27. The molecule has 3 rings (SSSR count). The number of para-hydroxylation sites is 1. The normalized spacial score (nSPS) is 12.4. The summed E-state index contributed by atoms with van der Waals surface area (Å²) in [5.41, 5.74) is 2.34. The van der Waals surface area contributed by atoms with E-state index in [1.165, 1.54) is 48.7 Å². The van der Waals surface area contributed by atoms with E-state index in [4.69, 9.17) is 0 Å². The van der Waals surface area contributed by atoms with Gasteiger partial charge in [0.1, 0.15) is 6.54 Å². The van der Waals surface area contributed by atoms with Gasteiger partial charge < -0.3 is 4.57 Å². The monoisotopic (exact) mass is 395 g/mol. The third kappa shape index (κ3) is 5.61. The van der Waals surface area contributed by atoms with Crippen molar-refractivity contribution < 1.29 is 4.57 Å². The van der Waals surface area contributed by atoms with Crippen LogP contribution in [0, 0.1) is 0 Å². The first kappa shape index (κ1) is 20.5. The fourth-order valence-electron chi connectivity index (χ4n) is 3.25. The number of hydrogen-bond donors (Lipinski definition) is 0. The summed E-state index contributed by atoms with van der Waals surface area (Å²) in [7, 11) is 0. The van der Waals surface area contributed by atoms with Gasteiger partial charge in [0.05, 0.1) is 22.0 Å². The number of aromatic nitrogens is 2. The van der Waals surface area contributed by atoms with Crippen LogP contribution in [0.3, 0.4) is 0 Å². The van der Waals surface area contributed by atoms with Gasteiger partial charge in [0, 0.05) is 19.0 Å². The molecule has 28 heavy (non-hydrogen) atoms. The maximum Gasteiger partial charge on any atom is 0.211 e. The molecule has 0 saturated heterocycles. The van der Waals surface area contributed by atoms with E-state index in [0.29, 0.717) is 0 Å². The fraction of sp³-hybridized carbons (Fsp3) is 0.435. The lowest BCUT2D eigenvalue weighted by Gasteiger charge is -2.04. The van der Waals surface area contributed by atoms with Gasteiger partial charge in [0.25, 0.3) is 0 Å². The second-order valence-electron chi connectivity index (χ2n) is 7.14. The number of nitrogens with zero attached hydrogens (tertiary/aromatic N) is 4. The Bertz CT molecular complexity index is 968. The zero-order valence-corrected chi connectivity index (χ0v) is 17.9. The van der Waals surface area contributed by atoms with Gasteiger partial charge in [-0.2, -0.15) is 5.10 Å². The van der Waals surface area contributed by atoms with E-state index in [1.54, 1.807) is 11.3 Å². The van der Waals surface area contributed by atoms with E-state index >= 15 is 0 Å². The summed E-state index contributed by atoms with van der Waals surface area (Å²) in [4.78, 5) is 0.976. The molecule has 2 heterocycles. The van der Waals surface area contributed by atoms with Gasteiger partial charge in [0.15, 0.2) is 12.4 Å². The van der Waals surface area contributed by atoms with Gasteiger partial charge in [-0.05, 0) is 24.6 Å². The first-order valence-electron chi connectivity index (χ1n) is 10.5. The van der Waals surface area contributed by atoms with Crippen LogP contribution in [0.4, 0.5) is 0 Å². The average Bonchev–Trinajstić information content (AvgIpc) is 3.07. The van der Waals surface area contributed by atoms with Gasteiger partial charge in [-0.3, -0.25) is 0 Å². The lowest BCUT2D eigenvalue weighted by molar-refractivity contribution is -0.697. The minimum atomic E-state index is 0.976. The van der Waals surface area contributed by atoms with Crippen LogP contribution < -0.4 is 9.37 Å². The van der Waals surface area contributed by atoms with E-state index in [2.05, 4.69) is 82.0 Å². The molecule has 0 amide bonds. The molecule has 4 nitrogen and oxygen atoms in total. The molecule has 148 valence electrons. The van der Waals surface area contributed by atoms with Crippen LogP contribution >= 0.6 is 11.3 Å². The third-order valence-corrected chi connectivity index (χ3v) is 5.87. The van der Waals surface area contributed by atoms with Gasteiger partial charge in [-0.25, -0.2) is 4.57 Å². The highest BCUT2D eigenvalue weighted by Crippen LogP contribution is 2.17. The van der Waals surface area contributed by atoms with Gasteiger partial charge in [-0.1, -0.05) is 63.0 Å². The van der Waals surface area contributed by atoms with Crippen molar-refractivity contribution in [3.8, 4) is 0 Å². The van der Waals surface area contributed by atoms with E-state index in [1.807, 2.05) is 6.21 Å². The minimum absolute atomic E-state index is 0.976. The molecular weight excluding hydrogens is 364 g/mol. The molecule has 5 heteroatoms. The number of aryl methyl sites for hydroxylation is 2. The summed E-state index contributed by atoms with van der Waals surface area (Å²) in [5, 5.41) is 8.98. The van der Waals surface area contributed by atoms with Crippen LogP contribution in [-0.2, 0) is 13.1 Å². The molecule has 3 aromatic rings. The van der Waals surface area contributed by atoms with Crippen LogP contribution in [-0.4, -0.2) is 10.8 Å². The van der Waals surface area contributed by atoms with Crippen molar-refractivity contribution in [3.05, 3.63) is 59.2 Å². The summed E-state index contributed by atoms with van der Waals surface area (Å²) in [5.74, 6) is 0. The Morgan fingerprint density at radius 3 is 2.71 bits per heavy atom. The van der Waals surface area contributed by atoms with Crippen molar-refractivity contribution in [1.82, 2.24) is 4.57 Å². The molecular formula is C23H31N4S+. The Morgan fingerprint density at radius 2 is 1.86 bits per heavy atom. The second-order valence-corrected chi connectivity index (χ2v) is 8.15. The predicted molar refractivity (Wildman–Crippen MR) is 119 cm³/mol. The van der Waals surface area contributed by atoms with Crippen molar-refractivity contribution >= 4 is 27.8 Å². The van der Waals surface area contributed by atoms with Crippen LogP contribution in [0.5, 0.6) is 0 Å². The number of fused-ring (bicyclic) bond motifs is 1. The number of benzene rings is 1. The summed E-state index contributed by atoms with van der Waals surface area (Å²) < 4.78 is 5.81. The predicted octanol–water partition coefficient (Wildman–Crippen LogP) is 5.31. The molecule has 0 aliphatic heterocycles. The molecule has 0 aliphatic rings. The van der Waals surface area contributed by atoms with Crippen molar-refractivity contribution in [1.29, 1.82) is 0 Å². The summed E-state index contributed by atoms with van der Waals surface area (Å²) in [6, 6.07) is 12.7. The number of hydrogen-bond acceptors (Lipinski definition) is 3. The Labute approximate surface area is 171 Å². The van der Waals surface area contributed by atoms with E-state index in [0.717, 1.165) is 23.5 Å². The summed E-state index contributed by atoms with van der Waals surface area (Å²) in [6.07, 6.45) is 13.5. The molecule has 0 saturated carbocycles. The van der Waals surface area contributed by atoms with Gasteiger partial charge >= 0.3 is 0 Å². The molecule has 0 unspecified atom stereocenters. The first-order valence-corrected chi connectivity index (χ1v) is 11.3.